The Kier molecular flexibility index (Phi) is 6.87. The summed E-state index contributed by atoms with van der Waals surface area (Å²) in [4.78, 5) is 31.3. The van der Waals surface area contributed by atoms with Crippen molar-refractivity contribution in [2.24, 2.45) is 0 Å². The van der Waals surface area contributed by atoms with Crippen LogP contribution in [0.5, 0.6) is 5.75 Å². The third-order valence-electron chi connectivity index (χ3n) is 5.61. The van der Waals surface area contributed by atoms with Crippen LogP contribution in [0.25, 0.3) is 5.76 Å². The highest BCUT2D eigenvalue weighted by Crippen LogP contribution is 2.40. The molecule has 1 aromatic heterocycles. The maximum atomic E-state index is 14.8. The van der Waals surface area contributed by atoms with E-state index in [9.17, 15) is 19.1 Å². The van der Waals surface area contributed by atoms with E-state index >= 15 is 0 Å². The number of imidazole rings is 1. The van der Waals surface area contributed by atoms with Gasteiger partial charge in [-0.1, -0.05) is 30.9 Å². The van der Waals surface area contributed by atoms with Gasteiger partial charge in [0.2, 0.25) is 0 Å². The molecule has 0 aliphatic carbocycles. The van der Waals surface area contributed by atoms with Crippen LogP contribution in [0.1, 0.15) is 23.6 Å². The van der Waals surface area contributed by atoms with Crippen molar-refractivity contribution < 1.29 is 23.8 Å². The first kappa shape index (κ1) is 23.0. The standard InChI is InChI=1S/C26H24FN3O4/c1-2-16-34-19-10-8-18(9-11-19)24(31)22-23(20-6-3-4-7-21(20)27)30(26(33)25(22)32)14-5-13-29-15-12-28-17-29/h2-4,6-12,15,17,23,31H,1,5,13-14,16H2/t23-/m0/s1. The lowest BCUT2D eigenvalue weighted by Gasteiger charge is -2.25. The summed E-state index contributed by atoms with van der Waals surface area (Å²) in [6.45, 7) is 4.69. The van der Waals surface area contributed by atoms with Crippen LogP contribution < -0.4 is 4.74 Å². The van der Waals surface area contributed by atoms with Crippen molar-refractivity contribution >= 4 is 17.4 Å². The topological polar surface area (TPSA) is 84.7 Å². The molecule has 2 aromatic carbocycles. The maximum absolute atomic E-state index is 14.8. The van der Waals surface area contributed by atoms with Crippen LogP contribution in [0.2, 0.25) is 0 Å². The van der Waals surface area contributed by atoms with E-state index < -0.39 is 23.5 Å². The Hall–Kier alpha value is -4.20. The van der Waals surface area contributed by atoms with Crippen LogP contribution in [0.15, 0.2) is 85.5 Å². The number of aromatic nitrogens is 2. The minimum Gasteiger partial charge on any atom is -0.507 e. The van der Waals surface area contributed by atoms with Crippen molar-refractivity contribution in [1.29, 1.82) is 0 Å². The molecule has 34 heavy (non-hydrogen) atoms. The van der Waals surface area contributed by atoms with Gasteiger partial charge in [0.15, 0.2) is 0 Å². The molecule has 4 rings (SSSR count). The zero-order chi connectivity index (χ0) is 24.1. The first-order valence-electron chi connectivity index (χ1n) is 10.8. The van der Waals surface area contributed by atoms with E-state index in [0.717, 1.165) is 0 Å². The Morgan fingerprint density at radius 3 is 2.59 bits per heavy atom. The number of benzene rings is 2. The summed E-state index contributed by atoms with van der Waals surface area (Å²) in [7, 11) is 0. The van der Waals surface area contributed by atoms with Gasteiger partial charge in [0.1, 0.15) is 23.9 Å². The number of likely N-dealkylation sites (tertiary alicyclic amines) is 1. The molecule has 174 valence electrons. The number of carbonyl (C=O) groups excluding carboxylic acids is 2. The second kappa shape index (κ2) is 10.2. The molecule has 0 saturated carbocycles. The molecule has 0 radical (unpaired) electrons. The molecule has 7 nitrogen and oxygen atoms in total. The maximum Gasteiger partial charge on any atom is 0.295 e. The zero-order valence-corrected chi connectivity index (χ0v) is 18.4. The van der Waals surface area contributed by atoms with Crippen LogP contribution in [0.3, 0.4) is 0 Å². The molecule has 0 bridgehead atoms. The van der Waals surface area contributed by atoms with Crippen molar-refractivity contribution in [3.8, 4) is 5.75 Å². The monoisotopic (exact) mass is 461 g/mol. The average Bonchev–Trinajstić information content (AvgIpc) is 3.45. The molecule has 1 fully saturated rings. The minimum atomic E-state index is -1.04. The predicted molar refractivity (Wildman–Crippen MR) is 124 cm³/mol. The fourth-order valence-electron chi connectivity index (χ4n) is 3.99. The van der Waals surface area contributed by atoms with Crippen molar-refractivity contribution in [2.75, 3.05) is 13.2 Å². The minimum absolute atomic E-state index is 0.141. The van der Waals surface area contributed by atoms with E-state index in [0.29, 0.717) is 30.9 Å². The molecule has 1 amide bonds. The Bertz CT molecular complexity index is 1220. The van der Waals surface area contributed by atoms with E-state index in [1.54, 1.807) is 55.1 Å². The molecule has 1 aliphatic heterocycles. The molecular formula is C26H24FN3O4. The van der Waals surface area contributed by atoms with Crippen LogP contribution in [-0.4, -0.2) is 44.4 Å². The van der Waals surface area contributed by atoms with Crippen LogP contribution >= 0.6 is 0 Å². The van der Waals surface area contributed by atoms with Crippen LogP contribution in [0.4, 0.5) is 4.39 Å². The van der Waals surface area contributed by atoms with Gasteiger partial charge >= 0.3 is 0 Å². The van der Waals surface area contributed by atoms with Gasteiger partial charge in [0, 0.05) is 36.6 Å². The fourth-order valence-corrected chi connectivity index (χ4v) is 3.99. The first-order chi connectivity index (χ1) is 16.5. The Morgan fingerprint density at radius 2 is 1.91 bits per heavy atom. The van der Waals surface area contributed by atoms with Crippen molar-refractivity contribution in [3.63, 3.8) is 0 Å². The third kappa shape index (κ3) is 4.61. The number of hydrogen-bond acceptors (Lipinski definition) is 5. The van der Waals surface area contributed by atoms with Gasteiger partial charge in [-0.15, -0.1) is 0 Å². The smallest absolute Gasteiger partial charge is 0.295 e. The number of aryl methyl sites for hydroxylation is 1. The lowest BCUT2D eigenvalue weighted by molar-refractivity contribution is -0.140. The van der Waals surface area contributed by atoms with Gasteiger partial charge in [0.25, 0.3) is 11.7 Å². The fraction of sp³-hybridized carbons (Fsp3) is 0.192. The van der Waals surface area contributed by atoms with Crippen LogP contribution in [-0.2, 0) is 16.1 Å². The zero-order valence-electron chi connectivity index (χ0n) is 18.4. The number of Topliss-reactive ketones (excluding diaryl/α,β-unsaturated/α-hetero) is 1. The summed E-state index contributed by atoms with van der Waals surface area (Å²) < 4.78 is 22.1. The summed E-state index contributed by atoms with van der Waals surface area (Å²) in [5, 5.41) is 11.1. The molecule has 1 saturated heterocycles. The van der Waals surface area contributed by atoms with E-state index in [2.05, 4.69) is 11.6 Å². The molecule has 0 spiro atoms. The normalized spacial score (nSPS) is 17.2. The highest BCUT2D eigenvalue weighted by Gasteiger charge is 2.46. The van der Waals surface area contributed by atoms with Crippen molar-refractivity contribution in [1.82, 2.24) is 14.5 Å². The number of hydrogen-bond donors (Lipinski definition) is 1. The number of rotatable bonds is 9. The van der Waals surface area contributed by atoms with E-state index in [1.165, 1.54) is 23.1 Å². The quantitative estimate of drug-likeness (QED) is 0.225. The van der Waals surface area contributed by atoms with E-state index in [1.807, 2.05) is 4.57 Å². The molecule has 1 N–H and O–H groups in total. The van der Waals surface area contributed by atoms with E-state index in [4.69, 9.17) is 4.74 Å². The lowest BCUT2D eigenvalue weighted by Crippen LogP contribution is -2.31. The number of halogens is 1. The molecule has 0 unspecified atom stereocenters. The Morgan fingerprint density at radius 1 is 1.15 bits per heavy atom. The number of aliphatic hydroxyl groups is 1. The van der Waals surface area contributed by atoms with Crippen LogP contribution in [0, 0.1) is 5.82 Å². The highest BCUT2D eigenvalue weighted by atomic mass is 19.1. The number of ketones is 1. The summed E-state index contributed by atoms with van der Waals surface area (Å²) in [5.41, 5.74) is 0.331. The summed E-state index contributed by atoms with van der Waals surface area (Å²) in [6, 6.07) is 11.4. The molecule has 2 heterocycles. The van der Waals surface area contributed by atoms with Gasteiger partial charge < -0.3 is 19.3 Å². The second-order valence-corrected chi connectivity index (χ2v) is 7.79. The SMILES string of the molecule is C=CCOc1ccc(C(O)=C2C(=O)C(=O)N(CCCn3ccnc3)[C@H]2c2ccccc2F)cc1. The van der Waals surface area contributed by atoms with E-state index in [-0.39, 0.29) is 23.4 Å². The molecule has 1 aliphatic rings. The van der Waals surface area contributed by atoms with Gasteiger partial charge in [-0.05, 0) is 36.8 Å². The molecular weight excluding hydrogens is 437 g/mol. The third-order valence-corrected chi connectivity index (χ3v) is 5.61. The molecule has 3 aromatic rings. The molecule has 1 atom stereocenters. The number of nitrogens with zero attached hydrogens (tertiary/aromatic N) is 3. The first-order valence-corrected chi connectivity index (χ1v) is 10.8. The Labute approximate surface area is 196 Å². The van der Waals surface area contributed by atoms with Gasteiger partial charge in [-0.3, -0.25) is 9.59 Å². The van der Waals surface area contributed by atoms with Gasteiger partial charge in [-0.25, -0.2) is 9.37 Å². The number of ether oxygens (including phenoxy) is 1. The number of amides is 1. The second-order valence-electron chi connectivity index (χ2n) is 7.79. The Balaban J connectivity index is 1.70. The number of aliphatic hydroxyl groups excluding tert-OH is 1. The average molecular weight is 461 g/mol. The summed E-state index contributed by atoms with van der Waals surface area (Å²) in [5.74, 6) is -1.99. The molecule has 8 heteroatoms. The van der Waals surface area contributed by atoms with Crippen molar-refractivity contribution in [3.05, 3.63) is 102 Å². The lowest BCUT2D eigenvalue weighted by atomic mass is 9.95. The number of carbonyl (C=O) groups is 2. The largest absolute Gasteiger partial charge is 0.507 e. The highest BCUT2D eigenvalue weighted by molar-refractivity contribution is 6.46. The van der Waals surface area contributed by atoms with Crippen molar-refractivity contribution in [2.45, 2.75) is 19.0 Å². The van der Waals surface area contributed by atoms with Gasteiger partial charge in [-0.2, -0.15) is 0 Å². The van der Waals surface area contributed by atoms with Gasteiger partial charge in [0.05, 0.1) is 17.9 Å². The summed E-state index contributed by atoms with van der Waals surface area (Å²) >= 11 is 0. The predicted octanol–water partition coefficient (Wildman–Crippen LogP) is 4.10. The summed E-state index contributed by atoms with van der Waals surface area (Å²) in [6.07, 6.45) is 7.23.